The fraction of sp³-hybridized carbons (Fsp3) is 0.538. The molecule has 106 valence electrons. The van der Waals surface area contributed by atoms with Gasteiger partial charge in [0.05, 0.1) is 18.0 Å². The molecule has 1 N–H and O–H groups in total. The van der Waals surface area contributed by atoms with Crippen LogP contribution in [0, 0.1) is 13.8 Å². The van der Waals surface area contributed by atoms with Gasteiger partial charge in [-0.2, -0.15) is 4.98 Å². The number of rotatable bonds is 4. The molecule has 0 spiro atoms. The number of oxime groups is 1. The maximum atomic E-state index is 5.38. The Morgan fingerprint density at radius 1 is 1.30 bits per heavy atom. The molecule has 2 aromatic heterocycles. The predicted molar refractivity (Wildman–Crippen MR) is 74.8 cm³/mol. The molecule has 0 saturated carbocycles. The van der Waals surface area contributed by atoms with Gasteiger partial charge in [0.2, 0.25) is 0 Å². The number of nitrogens with zero attached hydrogens (tertiary/aromatic N) is 4. The minimum absolute atomic E-state index is 0.0513. The van der Waals surface area contributed by atoms with Crippen molar-refractivity contribution in [3.8, 4) is 0 Å². The van der Waals surface area contributed by atoms with E-state index in [0.717, 1.165) is 35.5 Å². The lowest BCUT2D eigenvalue weighted by Crippen LogP contribution is -2.20. The van der Waals surface area contributed by atoms with Gasteiger partial charge in [0.1, 0.15) is 23.1 Å². The van der Waals surface area contributed by atoms with Crippen LogP contribution in [-0.2, 0) is 4.84 Å². The van der Waals surface area contributed by atoms with E-state index in [1.54, 1.807) is 0 Å². The van der Waals surface area contributed by atoms with Crippen molar-refractivity contribution in [1.82, 2.24) is 15.1 Å². The molecular formula is C13H17N5O2. The minimum Gasteiger partial charge on any atom is -0.390 e. The summed E-state index contributed by atoms with van der Waals surface area (Å²) in [4.78, 5) is 14.0. The molecule has 0 aliphatic carbocycles. The van der Waals surface area contributed by atoms with Crippen LogP contribution in [0.5, 0.6) is 0 Å². The second-order valence-corrected chi connectivity index (χ2v) is 4.89. The number of aromatic nitrogens is 3. The lowest BCUT2D eigenvalue weighted by molar-refractivity contribution is 0.0948. The number of aryl methyl sites for hydroxylation is 2. The summed E-state index contributed by atoms with van der Waals surface area (Å²) in [5.74, 6) is 1.38. The third kappa shape index (κ3) is 2.31. The average Bonchev–Trinajstić information content (AvgIpc) is 3.03. The highest BCUT2D eigenvalue weighted by Crippen LogP contribution is 2.24. The number of anilines is 1. The Bertz CT molecular complexity index is 664. The summed E-state index contributed by atoms with van der Waals surface area (Å²) in [5, 5.41) is 12.1. The highest BCUT2D eigenvalue weighted by atomic mass is 16.6. The molecule has 2 aromatic rings. The Kier molecular flexibility index (Phi) is 3.25. The molecule has 1 aliphatic heterocycles. The lowest BCUT2D eigenvalue weighted by atomic mass is 10.1. The molecule has 1 aliphatic rings. The van der Waals surface area contributed by atoms with Gasteiger partial charge >= 0.3 is 0 Å². The van der Waals surface area contributed by atoms with Gasteiger partial charge < -0.3 is 14.7 Å². The van der Waals surface area contributed by atoms with Gasteiger partial charge in [0.25, 0.3) is 5.71 Å². The van der Waals surface area contributed by atoms with Crippen LogP contribution in [0.15, 0.2) is 9.68 Å². The topological polar surface area (TPSA) is 85.4 Å². The second-order valence-electron chi connectivity index (χ2n) is 4.89. The summed E-state index contributed by atoms with van der Waals surface area (Å²) in [5.41, 5.74) is 2.39. The van der Waals surface area contributed by atoms with Crippen LogP contribution in [0.25, 0.3) is 11.1 Å². The molecule has 0 amide bonds. The molecule has 0 bridgehead atoms. The maximum absolute atomic E-state index is 5.38. The van der Waals surface area contributed by atoms with E-state index in [1.807, 2.05) is 13.8 Å². The first-order chi connectivity index (χ1) is 9.67. The number of nitrogens with one attached hydrogen (secondary N) is 1. The molecule has 7 heteroatoms. The monoisotopic (exact) mass is 275 g/mol. The fourth-order valence-corrected chi connectivity index (χ4v) is 2.24. The van der Waals surface area contributed by atoms with Crippen molar-refractivity contribution >= 4 is 22.6 Å². The summed E-state index contributed by atoms with van der Waals surface area (Å²) in [6, 6.07) is 0. The van der Waals surface area contributed by atoms with Gasteiger partial charge in [-0.15, -0.1) is 0 Å². The number of fused-ring (bicyclic) bond motifs is 1. The Morgan fingerprint density at radius 3 is 2.90 bits per heavy atom. The normalized spacial score (nSPS) is 18.1. The molecule has 0 radical (unpaired) electrons. The largest absolute Gasteiger partial charge is 0.390 e. The minimum atomic E-state index is 0.0513. The first-order valence-corrected chi connectivity index (χ1v) is 6.73. The Balaban J connectivity index is 1.76. The van der Waals surface area contributed by atoms with Gasteiger partial charge in [-0.05, 0) is 20.3 Å². The summed E-state index contributed by atoms with van der Waals surface area (Å²) < 4.78 is 5.18. The van der Waals surface area contributed by atoms with E-state index < -0.39 is 0 Å². The first-order valence-electron chi connectivity index (χ1n) is 6.73. The lowest BCUT2D eigenvalue weighted by Gasteiger charge is -2.11. The van der Waals surface area contributed by atoms with Crippen LogP contribution in [0.3, 0.4) is 0 Å². The van der Waals surface area contributed by atoms with Crippen molar-refractivity contribution in [2.24, 2.45) is 5.16 Å². The smallest absolute Gasteiger partial charge is 0.263 e. The number of hydrogen-bond acceptors (Lipinski definition) is 7. The summed E-state index contributed by atoms with van der Waals surface area (Å²) in [6.07, 6.45) is 1.84. The predicted octanol–water partition coefficient (Wildman–Crippen LogP) is 2.20. The van der Waals surface area contributed by atoms with Crippen molar-refractivity contribution in [2.75, 3.05) is 11.9 Å². The van der Waals surface area contributed by atoms with Crippen LogP contribution in [-0.4, -0.2) is 33.5 Å². The van der Waals surface area contributed by atoms with Crippen molar-refractivity contribution in [1.29, 1.82) is 0 Å². The van der Waals surface area contributed by atoms with E-state index in [1.165, 1.54) is 0 Å². The molecule has 0 fully saturated rings. The molecule has 7 nitrogen and oxygen atoms in total. The van der Waals surface area contributed by atoms with Gasteiger partial charge in [-0.1, -0.05) is 17.2 Å². The fourth-order valence-electron chi connectivity index (χ4n) is 2.24. The van der Waals surface area contributed by atoms with Crippen molar-refractivity contribution in [3.63, 3.8) is 0 Å². The van der Waals surface area contributed by atoms with Gasteiger partial charge in [0.15, 0.2) is 0 Å². The van der Waals surface area contributed by atoms with E-state index in [9.17, 15) is 0 Å². The average molecular weight is 275 g/mol. The van der Waals surface area contributed by atoms with E-state index >= 15 is 0 Å². The van der Waals surface area contributed by atoms with Crippen LogP contribution in [0.1, 0.15) is 31.3 Å². The highest BCUT2D eigenvalue weighted by molar-refractivity contribution is 5.88. The maximum Gasteiger partial charge on any atom is 0.263 e. The van der Waals surface area contributed by atoms with Gasteiger partial charge in [-0.3, -0.25) is 0 Å². The Labute approximate surface area is 116 Å². The van der Waals surface area contributed by atoms with Crippen LogP contribution < -0.4 is 5.32 Å². The molecular weight excluding hydrogens is 258 g/mol. The van der Waals surface area contributed by atoms with Crippen LogP contribution in [0.4, 0.5) is 5.82 Å². The standard InChI is InChI=1S/C13H17N5O2/c1-4-9-5-10(19-18-9)6-14-12-11-7(2)17-20-13(11)16-8(3)15-12/h10H,4-6H2,1-3H3,(H,14,15,16). The highest BCUT2D eigenvalue weighted by Gasteiger charge is 2.21. The molecule has 0 aromatic carbocycles. The third-order valence-electron chi connectivity index (χ3n) is 3.32. The van der Waals surface area contributed by atoms with Crippen LogP contribution >= 0.6 is 0 Å². The zero-order valence-electron chi connectivity index (χ0n) is 11.8. The van der Waals surface area contributed by atoms with Crippen molar-refractivity contribution < 1.29 is 9.36 Å². The molecule has 0 saturated heterocycles. The molecule has 3 rings (SSSR count). The van der Waals surface area contributed by atoms with Crippen molar-refractivity contribution in [3.05, 3.63) is 11.5 Å². The van der Waals surface area contributed by atoms with E-state index in [2.05, 4.69) is 32.5 Å². The summed E-state index contributed by atoms with van der Waals surface area (Å²) in [6.45, 7) is 6.42. The van der Waals surface area contributed by atoms with E-state index in [0.29, 0.717) is 18.1 Å². The molecule has 1 unspecified atom stereocenters. The second kappa shape index (κ2) is 5.07. The van der Waals surface area contributed by atoms with E-state index in [4.69, 9.17) is 9.36 Å². The quantitative estimate of drug-likeness (QED) is 0.920. The van der Waals surface area contributed by atoms with Crippen LogP contribution in [0.2, 0.25) is 0 Å². The van der Waals surface area contributed by atoms with Crippen molar-refractivity contribution in [2.45, 2.75) is 39.7 Å². The Hall–Kier alpha value is -2.18. The van der Waals surface area contributed by atoms with Gasteiger partial charge in [0, 0.05) is 6.42 Å². The molecule has 1 atom stereocenters. The summed E-state index contributed by atoms with van der Waals surface area (Å²) >= 11 is 0. The molecule has 3 heterocycles. The molecule has 20 heavy (non-hydrogen) atoms. The SMILES string of the molecule is CCC1=NOC(CNc2nc(C)nc3onc(C)c23)C1. The third-order valence-corrected chi connectivity index (χ3v) is 3.32. The zero-order chi connectivity index (χ0) is 14.1. The Morgan fingerprint density at radius 2 is 2.15 bits per heavy atom. The zero-order valence-corrected chi connectivity index (χ0v) is 11.8. The first kappa shape index (κ1) is 12.8. The van der Waals surface area contributed by atoms with Gasteiger partial charge in [-0.25, -0.2) is 4.98 Å². The number of hydrogen-bond donors (Lipinski definition) is 1. The summed E-state index contributed by atoms with van der Waals surface area (Å²) in [7, 11) is 0. The van der Waals surface area contributed by atoms with E-state index in [-0.39, 0.29) is 6.10 Å².